The van der Waals surface area contributed by atoms with Gasteiger partial charge >= 0.3 is 0 Å². The Morgan fingerprint density at radius 3 is 2.28 bits per heavy atom. The van der Waals surface area contributed by atoms with E-state index in [1.807, 2.05) is 20.8 Å². The number of aromatic nitrogens is 2. The maximum Gasteiger partial charge on any atom is 0.149 e. The van der Waals surface area contributed by atoms with Crippen LogP contribution in [0.15, 0.2) is 0 Å². The van der Waals surface area contributed by atoms with Crippen molar-refractivity contribution in [3.05, 3.63) is 16.4 Å². The summed E-state index contributed by atoms with van der Waals surface area (Å²) >= 11 is 6.11. The Balaban J connectivity index is 3.12. The monoisotopic (exact) mass is 294 g/mol. The number of nitrogens with zero attached hydrogens (tertiary/aromatic N) is 2. The first-order valence-corrected chi connectivity index (χ1v) is 8.04. The molecule has 0 aliphatic rings. The average Bonchev–Trinajstić information content (AvgIpc) is 2.50. The maximum atomic E-state index is 11.1. The highest BCUT2D eigenvalue weighted by atomic mass is 35.5. The summed E-state index contributed by atoms with van der Waals surface area (Å²) in [6, 6.07) is 0. The van der Waals surface area contributed by atoms with Gasteiger partial charge in [-0.15, -0.1) is 0 Å². The number of rotatable bonds is 4. The Morgan fingerprint density at radius 2 is 1.94 bits per heavy atom. The Kier molecular flexibility index (Phi) is 4.46. The zero-order chi connectivity index (χ0) is 14.1. The van der Waals surface area contributed by atoms with Gasteiger partial charge in [-0.05, 0) is 0 Å². The Hall–Kier alpha value is -0.590. The van der Waals surface area contributed by atoms with E-state index < -0.39 is 9.84 Å². The summed E-state index contributed by atoms with van der Waals surface area (Å²) in [5.74, 6) is -0.0249. The lowest BCUT2D eigenvalue weighted by molar-refractivity contribution is 0.278. The second-order valence-electron chi connectivity index (χ2n) is 5.38. The van der Waals surface area contributed by atoms with Crippen LogP contribution in [0, 0.1) is 0 Å². The molecule has 0 fully saturated rings. The minimum Gasteiger partial charge on any atom is -0.391 e. The van der Waals surface area contributed by atoms with Gasteiger partial charge in [0.1, 0.15) is 15.0 Å². The highest BCUT2D eigenvalue weighted by Crippen LogP contribution is 2.29. The van der Waals surface area contributed by atoms with E-state index in [1.165, 1.54) is 10.9 Å². The van der Waals surface area contributed by atoms with E-state index in [-0.39, 0.29) is 24.3 Å². The van der Waals surface area contributed by atoms with Crippen LogP contribution >= 0.6 is 11.6 Å². The second kappa shape index (κ2) is 5.19. The van der Waals surface area contributed by atoms with Gasteiger partial charge in [-0.3, -0.25) is 4.68 Å². The van der Waals surface area contributed by atoms with E-state index in [2.05, 4.69) is 5.10 Å². The van der Waals surface area contributed by atoms with Crippen molar-refractivity contribution in [2.45, 2.75) is 39.3 Å². The van der Waals surface area contributed by atoms with Crippen LogP contribution < -0.4 is 0 Å². The minimum absolute atomic E-state index is 0.0249. The molecule has 0 radical (unpaired) electrons. The fraction of sp³-hybridized carbons (Fsp3) is 0.727. The normalized spacial score (nSPS) is 13.0. The predicted molar refractivity (Wildman–Crippen MR) is 71.6 cm³/mol. The molecule has 1 aromatic heterocycles. The molecule has 0 amide bonds. The number of sulfone groups is 1. The van der Waals surface area contributed by atoms with E-state index >= 15 is 0 Å². The van der Waals surface area contributed by atoms with Gasteiger partial charge in [-0.2, -0.15) is 5.10 Å². The number of halogens is 1. The molecule has 0 atom stereocenters. The summed E-state index contributed by atoms with van der Waals surface area (Å²) in [6.45, 7) is 5.88. The van der Waals surface area contributed by atoms with Crippen LogP contribution in [-0.4, -0.2) is 35.3 Å². The van der Waals surface area contributed by atoms with Crippen LogP contribution in [0.25, 0.3) is 0 Å². The fourth-order valence-corrected chi connectivity index (χ4v) is 2.40. The molecule has 0 saturated heterocycles. The van der Waals surface area contributed by atoms with E-state index in [4.69, 9.17) is 11.6 Å². The Bertz CT molecular complexity index is 529. The van der Waals surface area contributed by atoms with Gasteiger partial charge in [0.05, 0.1) is 24.6 Å². The van der Waals surface area contributed by atoms with E-state index in [0.29, 0.717) is 16.4 Å². The molecule has 1 heterocycles. The van der Waals surface area contributed by atoms with Crippen molar-refractivity contribution in [3.63, 3.8) is 0 Å². The topological polar surface area (TPSA) is 72.2 Å². The molecule has 0 unspecified atom stereocenters. The molecule has 1 rings (SSSR count). The second-order valence-corrected chi connectivity index (χ2v) is 8.00. The number of aliphatic hydroxyl groups excluding tert-OH is 1. The number of hydrogen-bond acceptors (Lipinski definition) is 4. The molecule has 104 valence electrons. The summed E-state index contributed by atoms with van der Waals surface area (Å²) in [5, 5.41) is 14.0. The standard InChI is InChI=1S/C11H19ClN2O3S/c1-11(2,3)9-8(7-15)10(12)14(13-9)5-6-18(4,16)17/h15H,5-7H2,1-4H3. The first-order valence-electron chi connectivity index (χ1n) is 5.60. The summed E-state index contributed by atoms with van der Waals surface area (Å²) < 4.78 is 23.7. The molecule has 1 N–H and O–H groups in total. The van der Waals surface area contributed by atoms with Gasteiger partial charge in [-0.25, -0.2) is 8.42 Å². The summed E-state index contributed by atoms with van der Waals surface area (Å²) in [4.78, 5) is 0. The summed E-state index contributed by atoms with van der Waals surface area (Å²) in [7, 11) is -3.07. The van der Waals surface area contributed by atoms with Gasteiger partial charge < -0.3 is 5.11 Å². The molecule has 0 saturated carbocycles. The van der Waals surface area contributed by atoms with Gasteiger partial charge in [0.15, 0.2) is 0 Å². The molecular formula is C11H19ClN2O3S. The molecule has 0 aliphatic heterocycles. The first kappa shape index (κ1) is 15.5. The molecular weight excluding hydrogens is 276 g/mol. The van der Waals surface area contributed by atoms with Crippen LogP contribution in [-0.2, 0) is 28.4 Å². The third kappa shape index (κ3) is 3.70. The lowest BCUT2D eigenvalue weighted by Gasteiger charge is -2.16. The van der Waals surface area contributed by atoms with Crippen molar-refractivity contribution in [2.24, 2.45) is 0 Å². The molecule has 0 bridgehead atoms. The predicted octanol–water partition coefficient (Wildman–Crippen LogP) is 1.37. The van der Waals surface area contributed by atoms with Crippen molar-refractivity contribution in [1.29, 1.82) is 0 Å². The molecule has 7 heteroatoms. The van der Waals surface area contributed by atoms with Crippen molar-refractivity contribution < 1.29 is 13.5 Å². The summed E-state index contributed by atoms with van der Waals surface area (Å²) in [5.41, 5.74) is 1.01. The lowest BCUT2D eigenvalue weighted by atomic mass is 9.90. The van der Waals surface area contributed by atoms with Crippen molar-refractivity contribution in [2.75, 3.05) is 12.0 Å². The fourth-order valence-electron chi connectivity index (χ4n) is 1.62. The summed E-state index contributed by atoms with van der Waals surface area (Å²) in [6.07, 6.45) is 1.17. The third-order valence-electron chi connectivity index (χ3n) is 2.52. The van der Waals surface area contributed by atoms with Crippen molar-refractivity contribution >= 4 is 21.4 Å². The Labute approximate surface area is 113 Å². The van der Waals surface area contributed by atoms with Crippen LogP contribution in [0.4, 0.5) is 0 Å². The number of hydrogen-bond donors (Lipinski definition) is 1. The van der Waals surface area contributed by atoms with Crippen LogP contribution in [0.3, 0.4) is 0 Å². The van der Waals surface area contributed by atoms with Crippen molar-refractivity contribution in [3.8, 4) is 0 Å². The van der Waals surface area contributed by atoms with Gasteiger partial charge in [0, 0.05) is 17.2 Å². The molecule has 0 aromatic carbocycles. The average molecular weight is 295 g/mol. The highest BCUT2D eigenvalue weighted by molar-refractivity contribution is 7.90. The zero-order valence-electron chi connectivity index (χ0n) is 11.1. The lowest BCUT2D eigenvalue weighted by Crippen LogP contribution is -2.16. The quantitative estimate of drug-likeness (QED) is 0.910. The minimum atomic E-state index is -3.07. The van der Waals surface area contributed by atoms with Crippen LogP contribution in [0.1, 0.15) is 32.0 Å². The zero-order valence-corrected chi connectivity index (χ0v) is 12.6. The van der Waals surface area contributed by atoms with Crippen molar-refractivity contribution in [1.82, 2.24) is 9.78 Å². The molecule has 1 aromatic rings. The van der Waals surface area contributed by atoms with E-state index in [0.717, 1.165) is 0 Å². The molecule has 5 nitrogen and oxygen atoms in total. The first-order chi connectivity index (χ1) is 8.06. The molecule has 0 spiro atoms. The Morgan fingerprint density at radius 1 is 1.39 bits per heavy atom. The maximum absolute atomic E-state index is 11.1. The van der Waals surface area contributed by atoms with E-state index in [9.17, 15) is 13.5 Å². The molecule has 18 heavy (non-hydrogen) atoms. The van der Waals surface area contributed by atoms with E-state index in [1.54, 1.807) is 0 Å². The SMILES string of the molecule is CC(C)(C)c1nn(CCS(C)(=O)=O)c(Cl)c1CO. The van der Waals surface area contributed by atoms with Crippen LogP contribution in [0.5, 0.6) is 0 Å². The number of aryl methyl sites for hydroxylation is 1. The van der Waals surface area contributed by atoms with Gasteiger partial charge in [-0.1, -0.05) is 32.4 Å². The van der Waals surface area contributed by atoms with Crippen LogP contribution in [0.2, 0.25) is 5.15 Å². The van der Waals surface area contributed by atoms with Gasteiger partial charge in [0.2, 0.25) is 0 Å². The number of aliphatic hydroxyl groups is 1. The largest absolute Gasteiger partial charge is 0.391 e. The van der Waals surface area contributed by atoms with Gasteiger partial charge in [0.25, 0.3) is 0 Å². The molecule has 0 aliphatic carbocycles. The third-order valence-corrected chi connectivity index (χ3v) is 3.87. The smallest absolute Gasteiger partial charge is 0.149 e. The highest BCUT2D eigenvalue weighted by Gasteiger charge is 2.25.